The first-order valence-electron chi connectivity index (χ1n) is 19.3. The number of aromatic nitrogens is 2. The molecule has 2 heteroatoms. The van der Waals surface area contributed by atoms with Gasteiger partial charge in [0.05, 0.1) is 12.0 Å². The largest absolute Gasteiger partial charge is 0.257 e. The van der Waals surface area contributed by atoms with Gasteiger partial charge in [-0.2, -0.15) is 0 Å². The molecule has 2 nitrogen and oxygen atoms in total. The summed E-state index contributed by atoms with van der Waals surface area (Å²) in [6.07, 6.45) is 47.3. The molecular formula is C39H77N2+. The molecule has 0 amide bonds. The highest BCUT2D eigenvalue weighted by Gasteiger charge is 2.24. The number of hydrogen-bond donors (Lipinski definition) is 1. The Balaban J connectivity index is 2.10. The van der Waals surface area contributed by atoms with E-state index in [1.54, 1.807) is 0 Å². The summed E-state index contributed by atoms with van der Waals surface area (Å²) in [5.74, 6) is 2.21. The van der Waals surface area contributed by atoms with E-state index in [1.807, 2.05) is 0 Å². The normalized spacial score (nSPS) is 13.2. The van der Waals surface area contributed by atoms with Gasteiger partial charge in [0, 0.05) is 0 Å². The molecule has 0 aromatic carbocycles. The summed E-state index contributed by atoms with van der Waals surface area (Å²) in [7, 11) is 0. The zero-order chi connectivity index (χ0) is 29.6. The van der Waals surface area contributed by atoms with Crippen molar-refractivity contribution in [1.29, 1.82) is 0 Å². The van der Waals surface area contributed by atoms with Crippen molar-refractivity contribution in [1.82, 2.24) is 4.98 Å². The number of aromatic amines is 1. The van der Waals surface area contributed by atoms with Gasteiger partial charge in [-0.05, 0) is 32.6 Å². The fourth-order valence-corrected chi connectivity index (χ4v) is 6.84. The van der Waals surface area contributed by atoms with Crippen LogP contribution in [0.1, 0.15) is 238 Å². The molecule has 0 bridgehead atoms. The van der Waals surface area contributed by atoms with Crippen LogP contribution in [0.3, 0.4) is 0 Å². The lowest BCUT2D eigenvalue weighted by atomic mass is 9.94. The summed E-state index contributed by atoms with van der Waals surface area (Å²) in [6.45, 7) is 9.42. The molecule has 1 N–H and O–H groups in total. The highest BCUT2D eigenvalue weighted by atomic mass is 15.1. The minimum absolute atomic E-state index is 0.621. The molecule has 1 aromatic heterocycles. The van der Waals surface area contributed by atoms with E-state index in [4.69, 9.17) is 0 Å². The Hall–Kier alpha value is -0.790. The summed E-state index contributed by atoms with van der Waals surface area (Å²) >= 11 is 0. The van der Waals surface area contributed by atoms with Gasteiger partial charge in [-0.3, -0.25) is 0 Å². The number of nitrogens with one attached hydrogen (secondary N) is 1. The first-order chi connectivity index (χ1) is 20.2. The van der Waals surface area contributed by atoms with Gasteiger partial charge in [0.1, 0.15) is 12.4 Å². The second kappa shape index (κ2) is 29.3. The smallest absolute Gasteiger partial charge is 0.247 e. The predicted molar refractivity (Wildman–Crippen MR) is 184 cm³/mol. The van der Waals surface area contributed by atoms with E-state index < -0.39 is 0 Å². The van der Waals surface area contributed by atoms with Gasteiger partial charge in [-0.25, -0.2) is 9.55 Å². The van der Waals surface area contributed by atoms with E-state index in [-0.39, 0.29) is 0 Å². The highest BCUT2D eigenvalue weighted by molar-refractivity contribution is 4.90. The number of unbranched alkanes of at least 4 members (excludes halogenated alkanes) is 24. The average Bonchev–Trinajstić information content (AvgIpc) is 3.47. The van der Waals surface area contributed by atoms with Crippen molar-refractivity contribution in [3.63, 3.8) is 0 Å². The molecule has 0 aliphatic heterocycles. The van der Waals surface area contributed by atoms with Crippen LogP contribution < -0.4 is 4.57 Å². The van der Waals surface area contributed by atoms with E-state index in [0.29, 0.717) is 12.0 Å². The summed E-state index contributed by atoms with van der Waals surface area (Å²) < 4.78 is 2.60. The van der Waals surface area contributed by atoms with Crippen molar-refractivity contribution in [3.8, 4) is 0 Å². The van der Waals surface area contributed by atoms with Gasteiger partial charge in [-0.15, -0.1) is 0 Å². The van der Waals surface area contributed by atoms with Gasteiger partial charge >= 0.3 is 0 Å². The summed E-state index contributed by atoms with van der Waals surface area (Å²) in [6, 6.07) is 0.621. The van der Waals surface area contributed by atoms with Gasteiger partial charge in [0.25, 0.3) is 5.82 Å². The quantitative estimate of drug-likeness (QED) is 0.0653. The van der Waals surface area contributed by atoms with E-state index in [0.717, 1.165) is 0 Å². The Bertz CT molecular complexity index is 635. The molecule has 1 aromatic rings. The molecule has 1 rings (SSSR count). The molecule has 0 aliphatic carbocycles. The van der Waals surface area contributed by atoms with Crippen LogP contribution in [-0.2, 0) is 0 Å². The SMILES string of the molecule is CCCCCCCCCCCCCCCCCCCC(CCC)c1[nH]cc[n+]1C(C)CCCCCCCCCCC. The maximum Gasteiger partial charge on any atom is 0.257 e. The third-order valence-corrected chi connectivity index (χ3v) is 9.62. The monoisotopic (exact) mass is 574 g/mol. The average molecular weight is 574 g/mol. The third kappa shape index (κ3) is 21.5. The van der Waals surface area contributed by atoms with E-state index in [1.165, 1.54) is 198 Å². The predicted octanol–water partition coefficient (Wildman–Crippen LogP) is 13.7. The minimum atomic E-state index is 0.621. The summed E-state index contributed by atoms with van der Waals surface area (Å²) in [4.78, 5) is 3.68. The molecule has 0 spiro atoms. The first kappa shape index (κ1) is 38.2. The molecule has 0 radical (unpaired) electrons. The van der Waals surface area contributed by atoms with Gasteiger partial charge in [0.2, 0.25) is 0 Å². The van der Waals surface area contributed by atoms with Crippen molar-refractivity contribution in [2.75, 3.05) is 0 Å². The molecular weight excluding hydrogens is 496 g/mol. The van der Waals surface area contributed by atoms with Crippen molar-refractivity contribution < 1.29 is 4.57 Å². The summed E-state index contributed by atoms with van der Waals surface area (Å²) in [5.41, 5.74) is 0. The molecule has 0 saturated carbocycles. The van der Waals surface area contributed by atoms with Crippen LogP contribution in [-0.4, -0.2) is 4.98 Å². The highest BCUT2D eigenvalue weighted by Crippen LogP contribution is 2.26. The first-order valence-corrected chi connectivity index (χ1v) is 19.3. The van der Waals surface area contributed by atoms with E-state index in [2.05, 4.69) is 49.6 Å². The van der Waals surface area contributed by atoms with Crippen molar-refractivity contribution in [3.05, 3.63) is 18.2 Å². The van der Waals surface area contributed by atoms with Crippen molar-refractivity contribution in [2.45, 2.75) is 232 Å². The minimum Gasteiger partial charge on any atom is -0.247 e. The van der Waals surface area contributed by atoms with Crippen LogP contribution in [0.25, 0.3) is 0 Å². The molecule has 2 unspecified atom stereocenters. The van der Waals surface area contributed by atoms with Crippen LogP contribution in [0.4, 0.5) is 0 Å². The van der Waals surface area contributed by atoms with Gasteiger partial charge in [0.15, 0.2) is 0 Å². The second-order valence-corrected chi connectivity index (χ2v) is 13.6. The van der Waals surface area contributed by atoms with Crippen LogP contribution in [0.5, 0.6) is 0 Å². The maximum absolute atomic E-state index is 3.68. The number of rotatable bonds is 32. The Morgan fingerprint density at radius 1 is 0.463 bits per heavy atom. The maximum atomic E-state index is 3.68. The molecule has 242 valence electrons. The van der Waals surface area contributed by atoms with Crippen LogP contribution in [0, 0.1) is 0 Å². The van der Waals surface area contributed by atoms with Gasteiger partial charge in [-0.1, -0.05) is 188 Å². The Labute approximate surface area is 259 Å². The topological polar surface area (TPSA) is 19.7 Å². The van der Waals surface area contributed by atoms with Crippen molar-refractivity contribution >= 4 is 0 Å². The fourth-order valence-electron chi connectivity index (χ4n) is 6.84. The lowest BCUT2D eigenvalue weighted by Gasteiger charge is -2.16. The van der Waals surface area contributed by atoms with Crippen LogP contribution in [0.2, 0.25) is 0 Å². The molecule has 0 saturated heterocycles. The zero-order valence-corrected chi connectivity index (χ0v) is 29.0. The van der Waals surface area contributed by atoms with Crippen LogP contribution in [0.15, 0.2) is 12.4 Å². The molecule has 0 fully saturated rings. The lowest BCUT2D eigenvalue weighted by molar-refractivity contribution is -0.727. The number of nitrogens with zero attached hydrogens (tertiary/aromatic N) is 1. The van der Waals surface area contributed by atoms with E-state index in [9.17, 15) is 0 Å². The molecule has 41 heavy (non-hydrogen) atoms. The number of imidazole rings is 1. The third-order valence-electron chi connectivity index (χ3n) is 9.62. The van der Waals surface area contributed by atoms with Crippen LogP contribution >= 0.6 is 0 Å². The number of hydrogen-bond acceptors (Lipinski definition) is 0. The number of H-pyrrole nitrogens is 1. The Morgan fingerprint density at radius 3 is 1.22 bits per heavy atom. The fraction of sp³-hybridized carbons (Fsp3) is 0.923. The van der Waals surface area contributed by atoms with Crippen molar-refractivity contribution in [2.24, 2.45) is 0 Å². The lowest BCUT2D eigenvalue weighted by Crippen LogP contribution is -2.41. The molecule has 1 heterocycles. The Morgan fingerprint density at radius 2 is 0.829 bits per heavy atom. The molecule has 2 atom stereocenters. The van der Waals surface area contributed by atoms with Gasteiger partial charge < -0.3 is 0 Å². The summed E-state index contributed by atoms with van der Waals surface area (Å²) in [5, 5.41) is 0. The Kier molecular flexibility index (Phi) is 27.3. The second-order valence-electron chi connectivity index (χ2n) is 13.6. The molecule has 0 aliphatic rings. The zero-order valence-electron chi connectivity index (χ0n) is 29.0. The standard InChI is InChI=1S/C39H76N2/c1-5-8-10-12-14-16-17-18-19-20-21-22-23-25-27-29-31-34-38(32-7-3)39-40-35-36-41(39)37(4)33-30-28-26-24-15-13-11-9-6-2/h35-38H,5-34H2,1-4H3/p+1. The van der Waals surface area contributed by atoms with E-state index >= 15 is 0 Å².